The van der Waals surface area contributed by atoms with Gasteiger partial charge in [-0.25, -0.2) is 27.8 Å². The molecule has 3 heterocycles. The first-order valence-electron chi connectivity index (χ1n) is 12.0. The zero-order chi connectivity index (χ0) is 29.7. The Morgan fingerprint density at radius 3 is 2.37 bits per heavy atom. The SMILES string of the molecule is COc1ncc(F)cc1-c1oc(C)nc1-c1cc(-c2cccc(S(C)(=O)=O)c2)ccc1-n1cc(C(F)(F)F)nc1C. The number of sulfone groups is 1. The lowest BCUT2D eigenvalue weighted by atomic mass is 9.98. The molecule has 3 aromatic heterocycles. The highest BCUT2D eigenvalue weighted by atomic mass is 32.2. The number of hydrogen-bond acceptors (Lipinski definition) is 7. The van der Waals surface area contributed by atoms with E-state index in [1.807, 2.05) is 0 Å². The minimum absolute atomic E-state index is 0.0422. The molecule has 2 aromatic carbocycles. The minimum atomic E-state index is -4.68. The van der Waals surface area contributed by atoms with E-state index in [4.69, 9.17) is 9.15 Å². The van der Waals surface area contributed by atoms with Crippen LogP contribution >= 0.6 is 0 Å². The standard InChI is InChI=1S/C28H22F4N4O4S/c1-15-34-24(28(30,31)32)14-36(15)23-9-8-18(17-6-5-7-20(10-17)41(4,37)38)11-21(23)25-26(40-16(2)35-25)22-12-19(29)13-33-27(22)39-3/h5-14H,1-4H3. The van der Waals surface area contributed by atoms with Crippen molar-refractivity contribution in [2.24, 2.45) is 0 Å². The Bertz CT molecular complexity index is 1900. The maximum Gasteiger partial charge on any atom is 0.434 e. The van der Waals surface area contributed by atoms with E-state index in [-0.39, 0.29) is 45.2 Å². The summed E-state index contributed by atoms with van der Waals surface area (Å²) in [7, 11) is -2.17. The zero-order valence-corrected chi connectivity index (χ0v) is 22.9. The van der Waals surface area contributed by atoms with Crippen molar-refractivity contribution >= 4 is 9.84 Å². The molecule has 5 aromatic rings. The Balaban J connectivity index is 1.81. The predicted octanol–water partition coefficient (Wildman–Crippen LogP) is 6.44. The molecule has 0 N–H and O–H groups in total. The van der Waals surface area contributed by atoms with E-state index in [0.717, 1.165) is 24.7 Å². The van der Waals surface area contributed by atoms with Crippen LogP contribution in [-0.2, 0) is 16.0 Å². The van der Waals surface area contributed by atoms with Gasteiger partial charge in [0, 0.05) is 24.9 Å². The Morgan fingerprint density at radius 1 is 0.976 bits per heavy atom. The van der Waals surface area contributed by atoms with Crippen LogP contribution in [0.3, 0.4) is 0 Å². The van der Waals surface area contributed by atoms with Crippen molar-refractivity contribution < 1.29 is 35.1 Å². The molecule has 0 bridgehead atoms. The molecule has 212 valence electrons. The quantitative estimate of drug-likeness (QED) is 0.211. The van der Waals surface area contributed by atoms with Gasteiger partial charge in [0.25, 0.3) is 0 Å². The number of alkyl halides is 3. The first kappa shape index (κ1) is 28.0. The Labute approximate surface area is 232 Å². The van der Waals surface area contributed by atoms with Crippen LogP contribution in [0.5, 0.6) is 5.88 Å². The average Bonchev–Trinajstić information content (AvgIpc) is 3.50. The maximum atomic E-state index is 14.3. The molecule has 0 spiro atoms. The third-order valence-corrected chi connectivity index (χ3v) is 7.38. The van der Waals surface area contributed by atoms with Crippen molar-refractivity contribution in [3.05, 3.63) is 84.2 Å². The van der Waals surface area contributed by atoms with Gasteiger partial charge in [-0.2, -0.15) is 13.2 Å². The summed E-state index contributed by atoms with van der Waals surface area (Å²) in [5.74, 6) is -0.316. The molecule has 0 aliphatic carbocycles. The lowest BCUT2D eigenvalue weighted by Gasteiger charge is -2.15. The number of pyridine rings is 1. The van der Waals surface area contributed by atoms with Gasteiger partial charge < -0.3 is 13.7 Å². The Kier molecular flexibility index (Phi) is 6.93. The molecule has 41 heavy (non-hydrogen) atoms. The van der Waals surface area contributed by atoms with Crippen LogP contribution in [0.1, 0.15) is 17.4 Å². The molecular weight excluding hydrogens is 564 g/mol. The van der Waals surface area contributed by atoms with Crippen LogP contribution in [0.4, 0.5) is 17.6 Å². The van der Waals surface area contributed by atoms with Crippen molar-refractivity contribution in [1.82, 2.24) is 19.5 Å². The molecule has 0 amide bonds. The van der Waals surface area contributed by atoms with Crippen molar-refractivity contribution in [3.63, 3.8) is 0 Å². The second-order valence-corrected chi connectivity index (χ2v) is 11.2. The molecule has 5 rings (SSSR count). The third kappa shape index (κ3) is 5.44. The number of imidazole rings is 1. The summed E-state index contributed by atoms with van der Waals surface area (Å²) in [6.45, 7) is 2.99. The van der Waals surface area contributed by atoms with Crippen LogP contribution in [-0.4, -0.2) is 41.3 Å². The van der Waals surface area contributed by atoms with Crippen LogP contribution in [0, 0.1) is 19.7 Å². The summed E-state index contributed by atoms with van der Waals surface area (Å²) in [4.78, 5) is 12.2. The fourth-order valence-electron chi connectivity index (χ4n) is 4.42. The number of aromatic nitrogens is 4. The Hall–Kier alpha value is -4.52. The van der Waals surface area contributed by atoms with Crippen LogP contribution in [0.25, 0.3) is 39.4 Å². The molecule has 0 saturated heterocycles. The molecule has 0 radical (unpaired) electrons. The van der Waals surface area contributed by atoms with Crippen molar-refractivity contribution in [3.8, 4) is 45.3 Å². The topological polar surface area (TPSA) is 100 Å². The van der Waals surface area contributed by atoms with E-state index in [9.17, 15) is 26.0 Å². The molecule has 0 unspecified atom stereocenters. The molecule has 0 aliphatic rings. The fourth-order valence-corrected chi connectivity index (χ4v) is 5.09. The summed E-state index contributed by atoms with van der Waals surface area (Å²) < 4.78 is 91.7. The maximum absolute atomic E-state index is 14.3. The number of halogens is 4. The smallest absolute Gasteiger partial charge is 0.434 e. The third-order valence-electron chi connectivity index (χ3n) is 6.27. The lowest BCUT2D eigenvalue weighted by Crippen LogP contribution is -2.05. The predicted molar refractivity (Wildman–Crippen MR) is 142 cm³/mol. The van der Waals surface area contributed by atoms with Crippen molar-refractivity contribution in [2.45, 2.75) is 24.9 Å². The first-order valence-corrected chi connectivity index (χ1v) is 13.9. The van der Waals surface area contributed by atoms with Gasteiger partial charge in [0.15, 0.2) is 27.2 Å². The van der Waals surface area contributed by atoms with Crippen molar-refractivity contribution in [1.29, 1.82) is 0 Å². The molecule has 0 fully saturated rings. The van der Waals surface area contributed by atoms with Crippen molar-refractivity contribution in [2.75, 3.05) is 13.4 Å². The second-order valence-electron chi connectivity index (χ2n) is 9.19. The Morgan fingerprint density at radius 2 is 1.71 bits per heavy atom. The van der Waals surface area contributed by atoms with Gasteiger partial charge in [0.1, 0.15) is 17.3 Å². The van der Waals surface area contributed by atoms with E-state index in [1.54, 1.807) is 37.3 Å². The van der Waals surface area contributed by atoms with Crippen LogP contribution in [0.2, 0.25) is 0 Å². The monoisotopic (exact) mass is 586 g/mol. The number of aryl methyl sites for hydroxylation is 2. The fraction of sp³-hybridized carbons (Fsp3) is 0.179. The number of oxazole rings is 1. The van der Waals surface area contributed by atoms with Gasteiger partial charge in [-0.05, 0) is 48.4 Å². The average molecular weight is 587 g/mol. The summed E-state index contributed by atoms with van der Waals surface area (Å²) >= 11 is 0. The van der Waals surface area contributed by atoms with E-state index in [2.05, 4.69) is 15.0 Å². The number of rotatable bonds is 6. The van der Waals surface area contributed by atoms with Crippen LogP contribution in [0.15, 0.2) is 70.2 Å². The van der Waals surface area contributed by atoms with Gasteiger partial charge in [-0.1, -0.05) is 18.2 Å². The lowest BCUT2D eigenvalue weighted by molar-refractivity contribution is -0.141. The van der Waals surface area contributed by atoms with Crippen LogP contribution < -0.4 is 4.74 Å². The number of ether oxygens (including phenoxy) is 1. The summed E-state index contributed by atoms with van der Waals surface area (Å²) in [6.07, 6.45) is -1.75. The summed E-state index contributed by atoms with van der Waals surface area (Å²) in [5, 5.41) is 0. The highest BCUT2D eigenvalue weighted by Gasteiger charge is 2.35. The molecule has 13 heteroatoms. The minimum Gasteiger partial charge on any atom is -0.480 e. The zero-order valence-electron chi connectivity index (χ0n) is 22.1. The highest BCUT2D eigenvalue weighted by Crippen LogP contribution is 2.41. The molecule has 0 atom stereocenters. The molecule has 0 aliphatic heterocycles. The molecule has 8 nitrogen and oxygen atoms in total. The van der Waals surface area contributed by atoms with E-state index >= 15 is 0 Å². The van der Waals surface area contributed by atoms with E-state index < -0.39 is 27.5 Å². The summed E-state index contributed by atoms with van der Waals surface area (Å²) in [5.41, 5.74) is 0.872. The largest absolute Gasteiger partial charge is 0.480 e. The first-order chi connectivity index (χ1) is 19.3. The van der Waals surface area contributed by atoms with Gasteiger partial charge >= 0.3 is 6.18 Å². The molecular formula is C28H22F4N4O4S. The van der Waals surface area contributed by atoms with Gasteiger partial charge in [0.2, 0.25) is 5.88 Å². The number of hydrogen-bond donors (Lipinski definition) is 0. The summed E-state index contributed by atoms with van der Waals surface area (Å²) in [6, 6.07) is 12.3. The highest BCUT2D eigenvalue weighted by molar-refractivity contribution is 7.90. The number of methoxy groups -OCH3 is 1. The number of nitrogens with zero attached hydrogens (tertiary/aromatic N) is 4. The normalized spacial score (nSPS) is 12.1. The number of benzene rings is 2. The molecule has 0 saturated carbocycles. The van der Waals surface area contributed by atoms with E-state index in [0.29, 0.717) is 16.7 Å². The van der Waals surface area contributed by atoms with Gasteiger partial charge in [-0.15, -0.1) is 0 Å². The van der Waals surface area contributed by atoms with Gasteiger partial charge in [-0.3, -0.25) is 0 Å². The van der Waals surface area contributed by atoms with E-state index in [1.165, 1.54) is 30.7 Å². The van der Waals surface area contributed by atoms with Gasteiger partial charge in [0.05, 0.1) is 29.5 Å². The second kappa shape index (κ2) is 10.1.